The molecule has 0 aromatic carbocycles. The van der Waals surface area contributed by atoms with Crippen LogP contribution in [0, 0.1) is 23.2 Å². The van der Waals surface area contributed by atoms with Gasteiger partial charge in [-0.05, 0) is 55.8 Å². The van der Waals surface area contributed by atoms with Crippen LogP contribution in [-0.4, -0.2) is 41.6 Å². The van der Waals surface area contributed by atoms with Gasteiger partial charge in [0.15, 0.2) is 0 Å². The number of rotatable bonds is 4. The van der Waals surface area contributed by atoms with Gasteiger partial charge in [-0.3, -0.25) is 4.79 Å². The highest BCUT2D eigenvalue weighted by Crippen LogP contribution is 2.42. The Morgan fingerprint density at radius 2 is 1.87 bits per heavy atom. The van der Waals surface area contributed by atoms with Crippen molar-refractivity contribution in [3.8, 4) is 0 Å². The summed E-state index contributed by atoms with van der Waals surface area (Å²) in [4.78, 5) is 24.9. The lowest BCUT2D eigenvalue weighted by Crippen LogP contribution is -2.46. The molecule has 2 unspecified atom stereocenters. The Labute approximate surface area is 139 Å². The third-order valence-corrected chi connectivity index (χ3v) is 5.44. The molecule has 5 nitrogen and oxygen atoms in total. The highest BCUT2D eigenvalue weighted by molar-refractivity contribution is 5.75. The van der Waals surface area contributed by atoms with E-state index < -0.39 is 5.97 Å². The average Bonchev–Trinajstić information content (AvgIpc) is 2.45. The van der Waals surface area contributed by atoms with Crippen LogP contribution >= 0.6 is 0 Å². The van der Waals surface area contributed by atoms with Gasteiger partial charge in [0.25, 0.3) is 0 Å². The highest BCUT2D eigenvalue weighted by atomic mass is 16.4. The summed E-state index contributed by atoms with van der Waals surface area (Å²) in [6, 6.07) is -0.0306. The number of urea groups is 1. The molecule has 2 rings (SSSR count). The second-order valence-corrected chi connectivity index (χ2v) is 8.40. The number of hydrogen-bond donors (Lipinski definition) is 2. The lowest BCUT2D eigenvalue weighted by molar-refractivity contribution is -0.143. The molecule has 1 heterocycles. The van der Waals surface area contributed by atoms with E-state index in [1.165, 1.54) is 19.3 Å². The van der Waals surface area contributed by atoms with Crippen molar-refractivity contribution in [3.63, 3.8) is 0 Å². The van der Waals surface area contributed by atoms with Gasteiger partial charge < -0.3 is 15.3 Å². The van der Waals surface area contributed by atoms with Crippen molar-refractivity contribution in [3.05, 3.63) is 0 Å². The molecule has 2 fully saturated rings. The largest absolute Gasteiger partial charge is 0.481 e. The minimum Gasteiger partial charge on any atom is -0.481 e. The van der Waals surface area contributed by atoms with E-state index in [9.17, 15) is 9.59 Å². The SMILES string of the molecule is CC1CC(CCNC(=O)N2CCC(C(=O)O)CC2)CC(C)(C)C1. The third-order valence-electron chi connectivity index (χ3n) is 5.44. The molecular weight excluding hydrogens is 292 g/mol. The summed E-state index contributed by atoms with van der Waals surface area (Å²) >= 11 is 0. The molecule has 5 heteroatoms. The summed E-state index contributed by atoms with van der Waals surface area (Å²) in [7, 11) is 0. The van der Waals surface area contributed by atoms with Gasteiger partial charge in [0.1, 0.15) is 0 Å². The summed E-state index contributed by atoms with van der Waals surface area (Å²) in [5, 5.41) is 12.0. The van der Waals surface area contributed by atoms with Crippen LogP contribution in [0.2, 0.25) is 0 Å². The second-order valence-electron chi connectivity index (χ2n) is 8.40. The first kappa shape index (κ1) is 18.1. The molecule has 2 N–H and O–H groups in total. The van der Waals surface area contributed by atoms with Crippen molar-refractivity contribution in [2.75, 3.05) is 19.6 Å². The zero-order valence-electron chi connectivity index (χ0n) is 14.8. The third kappa shape index (κ3) is 5.40. The van der Waals surface area contributed by atoms with Crippen LogP contribution in [0.3, 0.4) is 0 Å². The Hall–Kier alpha value is -1.26. The number of carboxylic acid groups (broad SMARTS) is 1. The molecule has 132 valence electrons. The van der Waals surface area contributed by atoms with Gasteiger partial charge in [0.05, 0.1) is 5.92 Å². The van der Waals surface area contributed by atoms with E-state index in [0.29, 0.717) is 37.3 Å². The van der Waals surface area contributed by atoms with Crippen molar-refractivity contribution in [1.82, 2.24) is 10.2 Å². The quantitative estimate of drug-likeness (QED) is 0.833. The minimum atomic E-state index is -0.737. The zero-order chi connectivity index (χ0) is 17.0. The van der Waals surface area contributed by atoms with E-state index in [2.05, 4.69) is 26.1 Å². The van der Waals surface area contributed by atoms with Crippen molar-refractivity contribution >= 4 is 12.0 Å². The maximum absolute atomic E-state index is 12.2. The fourth-order valence-corrected chi connectivity index (χ4v) is 4.59. The number of nitrogens with zero attached hydrogens (tertiary/aromatic N) is 1. The normalized spacial score (nSPS) is 28.4. The number of piperidine rings is 1. The van der Waals surface area contributed by atoms with Crippen LogP contribution in [0.25, 0.3) is 0 Å². The number of carbonyl (C=O) groups excluding carboxylic acids is 1. The van der Waals surface area contributed by atoms with E-state index in [0.717, 1.165) is 18.9 Å². The standard InChI is InChI=1S/C18H32N2O3/c1-13-10-14(12-18(2,3)11-13)4-7-19-17(23)20-8-5-15(6-9-20)16(21)22/h13-15H,4-12H2,1-3H3,(H,19,23)(H,21,22). The van der Waals surface area contributed by atoms with Gasteiger partial charge in [-0.15, -0.1) is 0 Å². The van der Waals surface area contributed by atoms with Gasteiger partial charge in [-0.25, -0.2) is 4.79 Å². The molecule has 0 aromatic rings. The predicted molar refractivity (Wildman–Crippen MR) is 90.2 cm³/mol. The Balaban J connectivity index is 1.68. The average molecular weight is 324 g/mol. The van der Waals surface area contributed by atoms with E-state index in [1.54, 1.807) is 4.90 Å². The molecule has 2 aliphatic rings. The van der Waals surface area contributed by atoms with E-state index in [1.807, 2.05) is 0 Å². The smallest absolute Gasteiger partial charge is 0.317 e. The number of carboxylic acids is 1. The first-order chi connectivity index (χ1) is 10.8. The molecular formula is C18H32N2O3. The number of likely N-dealkylation sites (tertiary alicyclic amines) is 1. The van der Waals surface area contributed by atoms with Gasteiger partial charge in [-0.1, -0.05) is 20.8 Å². The van der Waals surface area contributed by atoms with Gasteiger partial charge in [0.2, 0.25) is 0 Å². The van der Waals surface area contributed by atoms with Crippen LogP contribution in [-0.2, 0) is 4.79 Å². The first-order valence-electron chi connectivity index (χ1n) is 9.02. The summed E-state index contributed by atoms with van der Waals surface area (Å²) < 4.78 is 0. The van der Waals surface area contributed by atoms with Crippen molar-refractivity contribution < 1.29 is 14.7 Å². The molecule has 0 radical (unpaired) electrons. The molecule has 0 spiro atoms. The Morgan fingerprint density at radius 3 is 2.43 bits per heavy atom. The molecule has 0 bridgehead atoms. The number of aliphatic carboxylic acids is 1. The van der Waals surface area contributed by atoms with Crippen LogP contribution in [0.4, 0.5) is 4.79 Å². The molecule has 2 atom stereocenters. The fraction of sp³-hybridized carbons (Fsp3) is 0.889. The molecule has 1 aliphatic heterocycles. The Kier molecular flexibility index (Phi) is 5.93. The lowest BCUT2D eigenvalue weighted by Gasteiger charge is -2.39. The lowest BCUT2D eigenvalue weighted by atomic mass is 9.67. The monoisotopic (exact) mass is 324 g/mol. The number of hydrogen-bond acceptors (Lipinski definition) is 2. The summed E-state index contributed by atoms with van der Waals surface area (Å²) in [5.41, 5.74) is 0.422. The fourth-order valence-electron chi connectivity index (χ4n) is 4.59. The van der Waals surface area contributed by atoms with E-state index in [4.69, 9.17) is 5.11 Å². The predicted octanol–water partition coefficient (Wildman–Crippen LogP) is 3.35. The minimum absolute atomic E-state index is 0.0306. The Bertz CT molecular complexity index is 428. The first-order valence-corrected chi connectivity index (χ1v) is 9.02. The number of carbonyl (C=O) groups is 2. The van der Waals surface area contributed by atoms with Crippen LogP contribution in [0.15, 0.2) is 0 Å². The maximum atomic E-state index is 12.2. The molecule has 1 aliphatic carbocycles. The van der Waals surface area contributed by atoms with E-state index >= 15 is 0 Å². The van der Waals surface area contributed by atoms with Crippen molar-refractivity contribution in [1.29, 1.82) is 0 Å². The number of nitrogens with one attached hydrogen (secondary N) is 1. The molecule has 1 saturated carbocycles. The molecule has 23 heavy (non-hydrogen) atoms. The molecule has 0 aromatic heterocycles. The van der Waals surface area contributed by atoms with Gasteiger partial charge >= 0.3 is 12.0 Å². The van der Waals surface area contributed by atoms with Crippen LogP contribution in [0.5, 0.6) is 0 Å². The van der Waals surface area contributed by atoms with Crippen molar-refractivity contribution in [2.45, 2.75) is 59.3 Å². The van der Waals surface area contributed by atoms with Crippen molar-refractivity contribution in [2.24, 2.45) is 23.2 Å². The van der Waals surface area contributed by atoms with Gasteiger partial charge in [-0.2, -0.15) is 0 Å². The molecule has 1 saturated heterocycles. The summed E-state index contributed by atoms with van der Waals surface area (Å²) in [6.45, 7) is 8.86. The topological polar surface area (TPSA) is 69.6 Å². The maximum Gasteiger partial charge on any atom is 0.317 e. The Morgan fingerprint density at radius 1 is 1.22 bits per heavy atom. The van der Waals surface area contributed by atoms with Gasteiger partial charge in [0, 0.05) is 19.6 Å². The number of amides is 2. The van der Waals surface area contributed by atoms with Crippen LogP contribution < -0.4 is 5.32 Å². The zero-order valence-corrected chi connectivity index (χ0v) is 14.8. The summed E-state index contributed by atoms with van der Waals surface area (Å²) in [5.74, 6) is 0.449. The summed E-state index contributed by atoms with van der Waals surface area (Å²) in [6.07, 6.45) is 5.99. The van der Waals surface area contributed by atoms with E-state index in [-0.39, 0.29) is 11.9 Å². The van der Waals surface area contributed by atoms with Crippen LogP contribution in [0.1, 0.15) is 59.3 Å². The molecule has 2 amide bonds. The second kappa shape index (κ2) is 7.54. The highest BCUT2D eigenvalue weighted by Gasteiger charge is 2.32.